The lowest BCUT2D eigenvalue weighted by atomic mass is 10.0. The molecule has 0 spiro atoms. The molecule has 1 aromatic carbocycles. The molecule has 0 aliphatic rings. The molecule has 0 fully saturated rings. The molecule has 0 N–H and O–H groups in total. The Bertz CT molecular complexity index is 465. The van der Waals surface area contributed by atoms with Gasteiger partial charge in [-0.3, -0.25) is 9.78 Å². The normalized spacial score (nSPS) is 10.0. The van der Waals surface area contributed by atoms with Crippen molar-refractivity contribution in [1.29, 1.82) is 0 Å². The van der Waals surface area contributed by atoms with Gasteiger partial charge < -0.3 is 0 Å². The van der Waals surface area contributed by atoms with Crippen LogP contribution in [-0.2, 0) is 12.8 Å². The van der Waals surface area contributed by atoms with E-state index in [1.807, 2.05) is 36.5 Å². The van der Waals surface area contributed by atoms with Crippen LogP contribution in [0.25, 0.3) is 0 Å². The molecule has 0 saturated heterocycles. The SMILES string of the molecule is O=Cc1cccc(CCc2cccnc2)c1. The molecule has 0 aliphatic heterocycles. The molecule has 0 bridgehead atoms. The van der Waals surface area contributed by atoms with Gasteiger partial charge in [0.05, 0.1) is 0 Å². The van der Waals surface area contributed by atoms with Gasteiger partial charge in [-0.15, -0.1) is 0 Å². The highest BCUT2D eigenvalue weighted by molar-refractivity contribution is 5.74. The maximum atomic E-state index is 10.6. The number of aromatic nitrogens is 1. The standard InChI is InChI=1S/C14H13NO/c16-11-14-4-1-3-12(9-14)6-7-13-5-2-8-15-10-13/h1-5,8-11H,6-7H2. The zero-order valence-electron chi connectivity index (χ0n) is 8.97. The van der Waals surface area contributed by atoms with Crippen molar-refractivity contribution in [2.45, 2.75) is 12.8 Å². The molecule has 2 heteroatoms. The van der Waals surface area contributed by atoms with E-state index in [0.29, 0.717) is 0 Å². The summed E-state index contributed by atoms with van der Waals surface area (Å²) in [7, 11) is 0. The Balaban J connectivity index is 2.02. The van der Waals surface area contributed by atoms with Crippen LogP contribution in [0.15, 0.2) is 48.8 Å². The molecule has 0 atom stereocenters. The number of carbonyl (C=O) groups is 1. The number of aryl methyl sites for hydroxylation is 2. The molecule has 16 heavy (non-hydrogen) atoms. The number of carbonyl (C=O) groups excluding carboxylic acids is 1. The third-order valence-corrected chi connectivity index (χ3v) is 2.51. The highest BCUT2D eigenvalue weighted by Gasteiger charge is 1.97. The van der Waals surface area contributed by atoms with E-state index in [1.54, 1.807) is 6.20 Å². The maximum absolute atomic E-state index is 10.6. The Morgan fingerprint density at radius 2 is 1.88 bits per heavy atom. The predicted molar refractivity (Wildman–Crippen MR) is 63.5 cm³/mol. The van der Waals surface area contributed by atoms with Crippen LogP contribution in [-0.4, -0.2) is 11.3 Å². The molecule has 0 aliphatic carbocycles. The first-order valence-corrected chi connectivity index (χ1v) is 5.31. The van der Waals surface area contributed by atoms with Gasteiger partial charge in [0.25, 0.3) is 0 Å². The van der Waals surface area contributed by atoms with Crippen molar-refractivity contribution < 1.29 is 4.79 Å². The molecule has 2 nitrogen and oxygen atoms in total. The van der Waals surface area contributed by atoms with Crippen molar-refractivity contribution in [2.75, 3.05) is 0 Å². The topological polar surface area (TPSA) is 30.0 Å². The molecule has 2 rings (SSSR count). The van der Waals surface area contributed by atoms with Gasteiger partial charge >= 0.3 is 0 Å². The molecular weight excluding hydrogens is 198 g/mol. The summed E-state index contributed by atoms with van der Waals surface area (Å²) in [4.78, 5) is 14.7. The highest BCUT2D eigenvalue weighted by atomic mass is 16.1. The van der Waals surface area contributed by atoms with Gasteiger partial charge in [0, 0.05) is 18.0 Å². The van der Waals surface area contributed by atoms with Crippen molar-refractivity contribution in [3.63, 3.8) is 0 Å². The molecule has 80 valence electrons. The second kappa shape index (κ2) is 5.21. The number of rotatable bonds is 4. The zero-order chi connectivity index (χ0) is 11.2. The van der Waals surface area contributed by atoms with Crippen molar-refractivity contribution in [1.82, 2.24) is 4.98 Å². The Labute approximate surface area is 95.0 Å². The number of pyridine rings is 1. The second-order valence-corrected chi connectivity index (χ2v) is 3.72. The fourth-order valence-electron chi connectivity index (χ4n) is 1.66. The molecule has 0 amide bonds. The van der Waals surface area contributed by atoms with Crippen LogP contribution in [0.4, 0.5) is 0 Å². The van der Waals surface area contributed by atoms with Crippen LogP contribution in [0, 0.1) is 0 Å². The number of hydrogen-bond acceptors (Lipinski definition) is 2. The second-order valence-electron chi connectivity index (χ2n) is 3.72. The average molecular weight is 211 g/mol. The van der Waals surface area contributed by atoms with Gasteiger partial charge in [-0.1, -0.05) is 24.3 Å². The summed E-state index contributed by atoms with van der Waals surface area (Å²) in [6.07, 6.45) is 6.43. The van der Waals surface area contributed by atoms with Gasteiger partial charge in [0.2, 0.25) is 0 Å². The van der Waals surface area contributed by atoms with E-state index in [-0.39, 0.29) is 0 Å². The van der Waals surface area contributed by atoms with Gasteiger partial charge in [0.15, 0.2) is 0 Å². The monoisotopic (exact) mass is 211 g/mol. The predicted octanol–water partition coefficient (Wildman–Crippen LogP) is 2.68. The van der Waals surface area contributed by atoms with Gasteiger partial charge in [-0.2, -0.15) is 0 Å². The number of hydrogen-bond donors (Lipinski definition) is 0. The molecule has 0 unspecified atom stereocenters. The molecule has 0 saturated carbocycles. The minimum absolute atomic E-state index is 0.740. The van der Waals surface area contributed by atoms with E-state index in [1.165, 1.54) is 11.1 Å². The summed E-state index contributed by atoms with van der Waals surface area (Å²) >= 11 is 0. The van der Waals surface area contributed by atoms with E-state index in [4.69, 9.17) is 0 Å². The third kappa shape index (κ3) is 2.76. The van der Waals surface area contributed by atoms with Crippen LogP contribution >= 0.6 is 0 Å². The highest BCUT2D eigenvalue weighted by Crippen LogP contribution is 2.08. The van der Waals surface area contributed by atoms with E-state index in [9.17, 15) is 4.79 Å². The van der Waals surface area contributed by atoms with E-state index in [2.05, 4.69) is 11.1 Å². The van der Waals surface area contributed by atoms with Gasteiger partial charge in [0.1, 0.15) is 6.29 Å². The van der Waals surface area contributed by atoms with Crippen LogP contribution < -0.4 is 0 Å². The van der Waals surface area contributed by atoms with Crippen molar-refractivity contribution in [2.24, 2.45) is 0 Å². The summed E-state index contributed by atoms with van der Waals surface area (Å²) in [6.45, 7) is 0. The molecule has 2 aromatic rings. The van der Waals surface area contributed by atoms with Crippen molar-refractivity contribution in [3.05, 3.63) is 65.5 Å². The van der Waals surface area contributed by atoms with Gasteiger partial charge in [-0.05, 0) is 36.1 Å². The third-order valence-electron chi connectivity index (χ3n) is 2.51. The summed E-state index contributed by atoms with van der Waals surface area (Å²) in [5.41, 5.74) is 3.15. The lowest BCUT2D eigenvalue weighted by molar-refractivity contribution is 0.112. The van der Waals surface area contributed by atoms with Crippen LogP contribution in [0.5, 0.6) is 0 Å². The van der Waals surface area contributed by atoms with E-state index >= 15 is 0 Å². The number of nitrogens with zero attached hydrogens (tertiary/aromatic N) is 1. The van der Waals surface area contributed by atoms with Crippen molar-refractivity contribution in [3.8, 4) is 0 Å². The Morgan fingerprint density at radius 1 is 1.06 bits per heavy atom. The van der Waals surface area contributed by atoms with E-state index < -0.39 is 0 Å². The average Bonchev–Trinajstić information content (AvgIpc) is 2.38. The molecule has 0 radical (unpaired) electrons. The Hall–Kier alpha value is -1.96. The fourth-order valence-corrected chi connectivity index (χ4v) is 1.66. The number of aldehydes is 1. The smallest absolute Gasteiger partial charge is 0.150 e. The fraction of sp³-hybridized carbons (Fsp3) is 0.143. The summed E-state index contributed by atoms with van der Waals surface area (Å²) < 4.78 is 0. The van der Waals surface area contributed by atoms with Crippen molar-refractivity contribution >= 4 is 6.29 Å². The quantitative estimate of drug-likeness (QED) is 0.728. The first-order chi connectivity index (χ1) is 7.88. The lowest BCUT2D eigenvalue weighted by Crippen LogP contribution is -1.92. The Kier molecular flexibility index (Phi) is 3.44. The van der Waals surface area contributed by atoms with Crippen LogP contribution in [0.3, 0.4) is 0 Å². The summed E-state index contributed by atoms with van der Waals surface area (Å²) in [5.74, 6) is 0. The maximum Gasteiger partial charge on any atom is 0.150 e. The van der Waals surface area contributed by atoms with Crippen LogP contribution in [0.1, 0.15) is 21.5 Å². The lowest BCUT2D eigenvalue weighted by Gasteiger charge is -2.02. The zero-order valence-corrected chi connectivity index (χ0v) is 8.97. The Morgan fingerprint density at radius 3 is 2.62 bits per heavy atom. The van der Waals surface area contributed by atoms with Gasteiger partial charge in [-0.25, -0.2) is 0 Å². The van der Waals surface area contributed by atoms with E-state index in [0.717, 1.165) is 24.7 Å². The van der Waals surface area contributed by atoms with Crippen LogP contribution in [0.2, 0.25) is 0 Å². The number of benzene rings is 1. The molecule has 1 heterocycles. The minimum Gasteiger partial charge on any atom is -0.298 e. The molecular formula is C14H13NO. The first-order valence-electron chi connectivity index (χ1n) is 5.31. The first kappa shape index (κ1) is 10.6. The molecule has 1 aromatic heterocycles. The summed E-state index contributed by atoms with van der Waals surface area (Å²) in [6, 6.07) is 11.7. The largest absolute Gasteiger partial charge is 0.298 e. The summed E-state index contributed by atoms with van der Waals surface area (Å²) in [5, 5.41) is 0. The minimum atomic E-state index is 0.740.